The van der Waals surface area contributed by atoms with E-state index >= 15 is 0 Å². The minimum Gasteiger partial charge on any atom is -0.469 e. The number of amides is 1. The summed E-state index contributed by atoms with van der Waals surface area (Å²) in [6.07, 6.45) is 1.96. The van der Waals surface area contributed by atoms with E-state index in [2.05, 4.69) is 4.74 Å². The van der Waals surface area contributed by atoms with Crippen molar-refractivity contribution in [2.24, 2.45) is 5.92 Å². The lowest BCUT2D eigenvalue weighted by Gasteiger charge is -2.23. The first-order valence-electron chi connectivity index (χ1n) is 5.96. The standard InChI is InChI=1S/C13H19NO4/c1-4-12(15)14(8-10(2)13(16)17-3)9-11-6-5-7-18-11/h5-7,10H,4,8-9H2,1-3H3. The third-order valence-electron chi connectivity index (χ3n) is 2.68. The number of furan rings is 1. The van der Waals surface area contributed by atoms with E-state index in [1.54, 1.807) is 37.1 Å². The van der Waals surface area contributed by atoms with Gasteiger partial charge in [-0.2, -0.15) is 0 Å². The Labute approximate surface area is 107 Å². The smallest absolute Gasteiger partial charge is 0.310 e. The zero-order chi connectivity index (χ0) is 13.5. The molecule has 100 valence electrons. The summed E-state index contributed by atoms with van der Waals surface area (Å²) in [6.45, 7) is 4.24. The van der Waals surface area contributed by atoms with Crippen LogP contribution in [0.25, 0.3) is 0 Å². The van der Waals surface area contributed by atoms with E-state index in [1.807, 2.05) is 0 Å². The predicted octanol–water partition coefficient (Wildman–Crippen LogP) is 1.83. The van der Waals surface area contributed by atoms with Crippen LogP contribution in [0.3, 0.4) is 0 Å². The summed E-state index contributed by atoms with van der Waals surface area (Å²) in [5, 5.41) is 0. The van der Waals surface area contributed by atoms with E-state index in [-0.39, 0.29) is 17.8 Å². The number of nitrogens with zero attached hydrogens (tertiary/aromatic N) is 1. The molecular weight excluding hydrogens is 234 g/mol. The lowest BCUT2D eigenvalue weighted by atomic mass is 10.1. The molecule has 1 aromatic heterocycles. The highest BCUT2D eigenvalue weighted by Gasteiger charge is 2.21. The number of rotatable bonds is 6. The van der Waals surface area contributed by atoms with E-state index in [4.69, 9.17) is 4.42 Å². The van der Waals surface area contributed by atoms with Gasteiger partial charge in [0, 0.05) is 13.0 Å². The lowest BCUT2D eigenvalue weighted by molar-refractivity contribution is -0.146. The summed E-state index contributed by atoms with van der Waals surface area (Å²) >= 11 is 0. The van der Waals surface area contributed by atoms with Crippen molar-refractivity contribution in [2.75, 3.05) is 13.7 Å². The van der Waals surface area contributed by atoms with Crippen LogP contribution in [-0.4, -0.2) is 30.4 Å². The average Bonchev–Trinajstić information content (AvgIpc) is 2.88. The summed E-state index contributed by atoms with van der Waals surface area (Å²) in [6, 6.07) is 3.58. The molecular formula is C13H19NO4. The maximum absolute atomic E-state index is 11.8. The molecule has 5 heteroatoms. The predicted molar refractivity (Wildman–Crippen MR) is 65.6 cm³/mol. The van der Waals surface area contributed by atoms with Crippen molar-refractivity contribution in [1.82, 2.24) is 4.90 Å². The van der Waals surface area contributed by atoms with Gasteiger partial charge in [0.25, 0.3) is 0 Å². The minimum absolute atomic E-state index is 0.0119. The van der Waals surface area contributed by atoms with Gasteiger partial charge < -0.3 is 14.1 Å². The summed E-state index contributed by atoms with van der Waals surface area (Å²) in [4.78, 5) is 24.8. The van der Waals surface area contributed by atoms with Gasteiger partial charge in [0.15, 0.2) is 0 Å². The van der Waals surface area contributed by atoms with Crippen molar-refractivity contribution in [1.29, 1.82) is 0 Å². The molecule has 0 bridgehead atoms. The largest absolute Gasteiger partial charge is 0.469 e. The minimum atomic E-state index is -0.347. The zero-order valence-electron chi connectivity index (χ0n) is 11.0. The molecule has 1 rings (SSSR count). The average molecular weight is 253 g/mol. The maximum atomic E-state index is 11.8. The first kappa shape index (κ1) is 14.3. The molecule has 0 fully saturated rings. The number of esters is 1. The first-order chi connectivity index (χ1) is 8.58. The fraction of sp³-hybridized carbons (Fsp3) is 0.538. The summed E-state index contributed by atoms with van der Waals surface area (Å²) in [7, 11) is 1.34. The van der Waals surface area contributed by atoms with Crippen molar-refractivity contribution < 1.29 is 18.7 Å². The van der Waals surface area contributed by atoms with E-state index in [1.165, 1.54) is 7.11 Å². The van der Waals surface area contributed by atoms with E-state index in [0.29, 0.717) is 25.3 Å². The normalized spacial score (nSPS) is 11.9. The SMILES string of the molecule is CCC(=O)N(Cc1ccco1)CC(C)C(=O)OC. The number of hydrogen-bond donors (Lipinski definition) is 0. The van der Waals surface area contributed by atoms with Crippen LogP contribution in [0.15, 0.2) is 22.8 Å². The van der Waals surface area contributed by atoms with Gasteiger partial charge in [-0.3, -0.25) is 9.59 Å². The number of ether oxygens (including phenoxy) is 1. The maximum Gasteiger partial charge on any atom is 0.310 e. The van der Waals surface area contributed by atoms with Crippen molar-refractivity contribution in [3.8, 4) is 0 Å². The van der Waals surface area contributed by atoms with Crippen LogP contribution >= 0.6 is 0 Å². The first-order valence-corrected chi connectivity index (χ1v) is 5.96. The van der Waals surface area contributed by atoms with E-state index < -0.39 is 0 Å². The topological polar surface area (TPSA) is 59.8 Å². The van der Waals surface area contributed by atoms with Crippen LogP contribution in [0, 0.1) is 5.92 Å². The Kier molecular flexibility index (Phi) is 5.42. The van der Waals surface area contributed by atoms with Crippen LogP contribution in [0.4, 0.5) is 0 Å². The van der Waals surface area contributed by atoms with Crippen molar-refractivity contribution in [3.63, 3.8) is 0 Å². The number of carbonyl (C=O) groups is 2. The second-order valence-corrected chi connectivity index (χ2v) is 4.13. The Morgan fingerprint density at radius 2 is 2.22 bits per heavy atom. The summed E-state index contributed by atoms with van der Waals surface area (Å²) < 4.78 is 9.88. The molecule has 18 heavy (non-hydrogen) atoms. The van der Waals surface area contributed by atoms with Crippen LogP contribution in [-0.2, 0) is 20.9 Å². The molecule has 0 aliphatic rings. The highest BCUT2D eigenvalue weighted by Crippen LogP contribution is 2.10. The van der Waals surface area contributed by atoms with Gasteiger partial charge in [-0.15, -0.1) is 0 Å². The number of carbonyl (C=O) groups excluding carboxylic acids is 2. The van der Waals surface area contributed by atoms with Crippen molar-refractivity contribution >= 4 is 11.9 Å². The van der Waals surface area contributed by atoms with Gasteiger partial charge in [0.1, 0.15) is 5.76 Å². The molecule has 1 heterocycles. The Hall–Kier alpha value is -1.78. The Balaban J connectivity index is 2.67. The summed E-state index contributed by atoms with van der Waals surface area (Å²) in [5.74, 6) is 0.0276. The van der Waals surface area contributed by atoms with Crippen molar-refractivity contribution in [2.45, 2.75) is 26.8 Å². The molecule has 5 nitrogen and oxygen atoms in total. The molecule has 1 aromatic rings. The second kappa shape index (κ2) is 6.83. The van der Waals surface area contributed by atoms with E-state index in [9.17, 15) is 9.59 Å². The fourth-order valence-corrected chi connectivity index (χ4v) is 1.68. The van der Waals surface area contributed by atoms with Gasteiger partial charge in [-0.25, -0.2) is 0 Å². The molecule has 0 radical (unpaired) electrons. The molecule has 0 aromatic carbocycles. The van der Waals surface area contributed by atoms with Gasteiger partial charge in [0.2, 0.25) is 5.91 Å². The Bertz CT molecular complexity index is 386. The third kappa shape index (κ3) is 3.91. The molecule has 1 unspecified atom stereocenters. The number of methoxy groups -OCH3 is 1. The molecule has 0 aliphatic heterocycles. The highest BCUT2D eigenvalue weighted by atomic mass is 16.5. The molecule has 0 aliphatic carbocycles. The molecule has 1 atom stereocenters. The third-order valence-corrected chi connectivity index (χ3v) is 2.68. The second-order valence-electron chi connectivity index (χ2n) is 4.13. The van der Waals surface area contributed by atoms with Gasteiger partial charge in [-0.05, 0) is 12.1 Å². The number of hydrogen-bond acceptors (Lipinski definition) is 4. The monoisotopic (exact) mass is 253 g/mol. The Morgan fingerprint density at radius 1 is 1.50 bits per heavy atom. The van der Waals surface area contributed by atoms with Gasteiger partial charge >= 0.3 is 5.97 Å². The van der Waals surface area contributed by atoms with Gasteiger partial charge in [0.05, 0.1) is 25.8 Å². The molecule has 0 saturated heterocycles. The fourth-order valence-electron chi connectivity index (χ4n) is 1.68. The zero-order valence-corrected chi connectivity index (χ0v) is 11.0. The van der Waals surface area contributed by atoms with E-state index in [0.717, 1.165) is 0 Å². The quantitative estimate of drug-likeness (QED) is 0.726. The van der Waals surface area contributed by atoms with Crippen LogP contribution in [0.2, 0.25) is 0 Å². The Morgan fingerprint density at radius 3 is 2.72 bits per heavy atom. The lowest BCUT2D eigenvalue weighted by Crippen LogP contribution is -2.36. The van der Waals surface area contributed by atoms with Gasteiger partial charge in [-0.1, -0.05) is 13.8 Å². The molecule has 0 saturated carbocycles. The molecule has 0 spiro atoms. The van der Waals surface area contributed by atoms with Crippen LogP contribution < -0.4 is 0 Å². The van der Waals surface area contributed by atoms with Crippen molar-refractivity contribution in [3.05, 3.63) is 24.2 Å². The summed E-state index contributed by atoms with van der Waals surface area (Å²) in [5.41, 5.74) is 0. The van der Waals surface area contributed by atoms with Crippen LogP contribution in [0.5, 0.6) is 0 Å². The highest BCUT2D eigenvalue weighted by molar-refractivity contribution is 5.77. The van der Waals surface area contributed by atoms with Crippen LogP contribution in [0.1, 0.15) is 26.0 Å². The molecule has 0 N–H and O–H groups in total. The molecule has 1 amide bonds.